The summed E-state index contributed by atoms with van der Waals surface area (Å²) in [7, 11) is 0. The first-order valence-corrected chi connectivity index (χ1v) is 5.82. The standard InChI is InChI=1S/C12H17FN2O3/c1-3-14-7-9(2)8-18-12-10(13)5-4-6-11(12)15(16)17/h4-6,9,14H,3,7-8H2,1-2H3. The highest BCUT2D eigenvalue weighted by molar-refractivity contribution is 5.46. The minimum absolute atomic E-state index is 0.143. The quantitative estimate of drug-likeness (QED) is 0.601. The van der Waals surface area contributed by atoms with Crippen LogP contribution in [0.5, 0.6) is 5.75 Å². The average molecular weight is 256 g/mol. The Bertz CT molecular complexity index is 412. The van der Waals surface area contributed by atoms with Crippen LogP contribution in [0, 0.1) is 21.8 Å². The molecule has 1 aromatic rings. The molecule has 1 N–H and O–H groups in total. The van der Waals surface area contributed by atoms with E-state index in [9.17, 15) is 14.5 Å². The lowest BCUT2D eigenvalue weighted by Crippen LogP contribution is -2.25. The van der Waals surface area contributed by atoms with Gasteiger partial charge in [0.1, 0.15) is 0 Å². The highest BCUT2D eigenvalue weighted by Gasteiger charge is 2.19. The zero-order chi connectivity index (χ0) is 13.5. The van der Waals surface area contributed by atoms with Gasteiger partial charge in [0.2, 0.25) is 5.75 Å². The van der Waals surface area contributed by atoms with E-state index in [2.05, 4.69) is 5.32 Å². The fourth-order valence-electron chi connectivity index (χ4n) is 1.46. The van der Waals surface area contributed by atoms with Crippen LogP contribution in [0.2, 0.25) is 0 Å². The summed E-state index contributed by atoms with van der Waals surface area (Å²) in [6.45, 7) is 5.70. The van der Waals surface area contributed by atoms with Crippen LogP contribution in [0.15, 0.2) is 18.2 Å². The second kappa shape index (κ2) is 6.90. The van der Waals surface area contributed by atoms with Crippen molar-refractivity contribution in [3.63, 3.8) is 0 Å². The Morgan fingerprint density at radius 2 is 2.28 bits per heavy atom. The minimum Gasteiger partial charge on any atom is -0.484 e. The number of benzene rings is 1. The molecule has 1 rings (SSSR count). The molecule has 6 heteroatoms. The summed E-state index contributed by atoms with van der Waals surface area (Å²) in [6.07, 6.45) is 0. The molecule has 0 fully saturated rings. The summed E-state index contributed by atoms with van der Waals surface area (Å²) >= 11 is 0. The topological polar surface area (TPSA) is 64.4 Å². The highest BCUT2D eigenvalue weighted by Crippen LogP contribution is 2.29. The zero-order valence-corrected chi connectivity index (χ0v) is 10.5. The van der Waals surface area contributed by atoms with Crippen LogP contribution in [0.25, 0.3) is 0 Å². The lowest BCUT2D eigenvalue weighted by atomic mass is 10.2. The molecule has 100 valence electrons. The molecule has 5 nitrogen and oxygen atoms in total. The number of nitro benzene ring substituents is 1. The van der Waals surface area contributed by atoms with E-state index >= 15 is 0 Å². The molecule has 0 heterocycles. The number of hydrogen-bond donors (Lipinski definition) is 1. The van der Waals surface area contributed by atoms with E-state index in [4.69, 9.17) is 4.74 Å². The maximum Gasteiger partial charge on any atom is 0.314 e. The van der Waals surface area contributed by atoms with Gasteiger partial charge in [0.05, 0.1) is 11.5 Å². The van der Waals surface area contributed by atoms with Crippen molar-refractivity contribution in [1.29, 1.82) is 0 Å². The Hall–Kier alpha value is -1.69. The summed E-state index contributed by atoms with van der Waals surface area (Å²) in [4.78, 5) is 10.1. The molecular formula is C12H17FN2O3. The summed E-state index contributed by atoms with van der Waals surface area (Å²) in [5.41, 5.74) is -0.342. The van der Waals surface area contributed by atoms with Crippen LogP contribution in [0.4, 0.5) is 10.1 Å². The number of nitro groups is 1. The molecule has 0 aliphatic rings. The minimum atomic E-state index is -0.708. The third-order valence-corrected chi connectivity index (χ3v) is 2.40. The lowest BCUT2D eigenvalue weighted by Gasteiger charge is -2.13. The second-order valence-electron chi connectivity index (χ2n) is 4.07. The first kappa shape index (κ1) is 14.4. The van der Waals surface area contributed by atoms with Crippen molar-refractivity contribution < 1.29 is 14.1 Å². The van der Waals surface area contributed by atoms with Gasteiger partial charge in [-0.2, -0.15) is 0 Å². The van der Waals surface area contributed by atoms with Gasteiger partial charge >= 0.3 is 5.69 Å². The molecular weight excluding hydrogens is 239 g/mol. The monoisotopic (exact) mass is 256 g/mol. The van der Waals surface area contributed by atoms with E-state index in [0.717, 1.165) is 19.2 Å². The third kappa shape index (κ3) is 3.96. The molecule has 0 bridgehead atoms. The summed E-state index contributed by atoms with van der Waals surface area (Å²) in [5.74, 6) is -0.852. The zero-order valence-electron chi connectivity index (χ0n) is 10.5. The molecule has 1 atom stereocenters. The molecule has 0 aliphatic carbocycles. The molecule has 1 unspecified atom stereocenters. The van der Waals surface area contributed by atoms with Crippen molar-refractivity contribution in [1.82, 2.24) is 5.32 Å². The number of hydrogen-bond acceptors (Lipinski definition) is 4. The van der Waals surface area contributed by atoms with Crippen LogP contribution >= 0.6 is 0 Å². The van der Waals surface area contributed by atoms with E-state index in [1.54, 1.807) is 0 Å². The van der Waals surface area contributed by atoms with Crippen LogP contribution in [0.1, 0.15) is 13.8 Å². The van der Waals surface area contributed by atoms with E-state index in [0.29, 0.717) is 0 Å². The van der Waals surface area contributed by atoms with Gasteiger partial charge in [-0.15, -0.1) is 0 Å². The number of nitrogens with zero attached hydrogens (tertiary/aromatic N) is 1. The van der Waals surface area contributed by atoms with Crippen molar-refractivity contribution in [3.05, 3.63) is 34.1 Å². The third-order valence-electron chi connectivity index (χ3n) is 2.40. The Kier molecular flexibility index (Phi) is 5.51. The lowest BCUT2D eigenvalue weighted by molar-refractivity contribution is -0.386. The van der Waals surface area contributed by atoms with Gasteiger partial charge < -0.3 is 10.1 Å². The predicted octanol–water partition coefficient (Wildman–Crippen LogP) is 2.36. The largest absolute Gasteiger partial charge is 0.484 e. The number of nitrogens with one attached hydrogen (secondary N) is 1. The highest BCUT2D eigenvalue weighted by atomic mass is 19.1. The molecule has 0 saturated carbocycles. The predicted molar refractivity (Wildman–Crippen MR) is 66.3 cm³/mol. The molecule has 0 spiro atoms. The summed E-state index contributed by atoms with van der Waals surface area (Å²) < 4.78 is 18.7. The molecule has 18 heavy (non-hydrogen) atoms. The average Bonchev–Trinajstić information content (AvgIpc) is 2.34. The molecule has 0 aliphatic heterocycles. The van der Waals surface area contributed by atoms with E-state index < -0.39 is 10.7 Å². The molecule has 1 aromatic carbocycles. The van der Waals surface area contributed by atoms with Crippen LogP contribution < -0.4 is 10.1 Å². The second-order valence-corrected chi connectivity index (χ2v) is 4.07. The molecule has 0 radical (unpaired) electrons. The fraction of sp³-hybridized carbons (Fsp3) is 0.500. The van der Waals surface area contributed by atoms with Crippen molar-refractivity contribution in [2.24, 2.45) is 5.92 Å². The summed E-state index contributed by atoms with van der Waals surface area (Å²) in [6, 6.07) is 3.67. The van der Waals surface area contributed by atoms with E-state index in [-0.39, 0.29) is 24.0 Å². The van der Waals surface area contributed by atoms with Crippen molar-refractivity contribution in [2.45, 2.75) is 13.8 Å². The fourth-order valence-corrected chi connectivity index (χ4v) is 1.46. The molecule has 0 aromatic heterocycles. The first-order chi connectivity index (χ1) is 8.56. The van der Waals surface area contributed by atoms with Gasteiger partial charge in [0.15, 0.2) is 5.82 Å². The maximum atomic E-state index is 13.5. The van der Waals surface area contributed by atoms with Gasteiger partial charge in [-0.3, -0.25) is 10.1 Å². The van der Waals surface area contributed by atoms with Gasteiger partial charge in [-0.1, -0.05) is 19.9 Å². The molecule has 0 saturated heterocycles. The smallest absolute Gasteiger partial charge is 0.314 e. The van der Waals surface area contributed by atoms with Gasteiger partial charge in [0.25, 0.3) is 0 Å². The van der Waals surface area contributed by atoms with Gasteiger partial charge in [-0.25, -0.2) is 4.39 Å². The Balaban J connectivity index is 2.69. The van der Waals surface area contributed by atoms with Gasteiger partial charge in [-0.05, 0) is 12.6 Å². The van der Waals surface area contributed by atoms with Crippen molar-refractivity contribution in [2.75, 3.05) is 19.7 Å². The Morgan fingerprint density at radius 1 is 1.56 bits per heavy atom. The number of rotatable bonds is 7. The van der Waals surface area contributed by atoms with Crippen molar-refractivity contribution in [3.8, 4) is 5.75 Å². The number of ether oxygens (including phenoxy) is 1. The molecule has 0 amide bonds. The number of para-hydroxylation sites is 1. The van der Waals surface area contributed by atoms with Crippen LogP contribution in [0.3, 0.4) is 0 Å². The number of halogens is 1. The van der Waals surface area contributed by atoms with Crippen molar-refractivity contribution >= 4 is 5.69 Å². The van der Waals surface area contributed by atoms with Crippen LogP contribution in [-0.4, -0.2) is 24.6 Å². The maximum absolute atomic E-state index is 13.5. The Morgan fingerprint density at radius 3 is 2.89 bits per heavy atom. The SMILES string of the molecule is CCNCC(C)COc1c(F)cccc1[N+](=O)[O-]. The summed E-state index contributed by atoms with van der Waals surface area (Å²) in [5, 5.41) is 13.9. The van der Waals surface area contributed by atoms with Crippen LogP contribution in [-0.2, 0) is 0 Å². The van der Waals surface area contributed by atoms with Gasteiger partial charge in [0, 0.05) is 18.5 Å². The first-order valence-electron chi connectivity index (χ1n) is 5.82. The normalized spacial score (nSPS) is 12.2. The Labute approximate surface area is 105 Å². The van der Waals surface area contributed by atoms with E-state index in [1.165, 1.54) is 12.1 Å². The van der Waals surface area contributed by atoms with E-state index in [1.807, 2.05) is 13.8 Å².